The smallest absolute Gasteiger partial charge is 0.348 e. The van der Waals surface area contributed by atoms with E-state index in [-0.39, 0.29) is 29.6 Å². The summed E-state index contributed by atoms with van der Waals surface area (Å²) in [4.78, 5) is 24.8. The standard InChI is InChI=1S/C17H22O6/c1-17(2)22-15(18)14(16(19)23-17)13-9-5-11-6-10(13)8-12(7-9)21-4-3-20-11/h9-12H,3-8H2,1-2H3. The number of hydrogen-bond acceptors (Lipinski definition) is 6. The topological polar surface area (TPSA) is 71.1 Å². The zero-order chi connectivity index (χ0) is 16.2. The number of hydrogen-bond donors (Lipinski definition) is 0. The van der Waals surface area contributed by atoms with Crippen molar-refractivity contribution in [3.8, 4) is 0 Å². The summed E-state index contributed by atoms with van der Waals surface area (Å²) in [6.45, 7) is 4.37. The van der Waals surface area contributed by atoms with Crippen LogP contribution in [-0.2, 0) is 28.5 Å². The molecule has 6 heteroatoms. The quantitative estimate of drug-likeness (QED) is 0.384. The first kappa shape index (κ1) is 15.1. The molecule has 6 nitrogen and oxygen atoms in total. The number of allylic oxidation sites excluding steroid dienone is 1. The monoisotopic (exact) mass is 322 g/mol. The molecule has 3 saturated heterocycles. The molecule has 126 valence electrons. The number of esters is 2. The van der Waals surface area contributed by atoms with E-state index in [4.69, 9.17) is 18.9 Å². The van der Waals surface area contributed by atoms with Crippen molar-refractivity contribution >= 4 is 11.9 Å². The molecule has 0 amide bonds. The van der Waals surface area contributed by atoms with Gasteiger partial charge >= 0.3 is 11.9 Å². The molecule has 5 rings (SSSR count). The molecule has 0 aromatic rings. The van der Waals surface area contributed by atoms with Gasteiger partial charge in [0.05, 0.1) is 25.4 Å². The number of cyclic esters (lactones) is 2. The highest BCUT2D eigenvalue weighted by Gasteiger charge is 2.48. The van der Waals surface area contributed by atoms with Crippen molar-refractivity contribution in [2.75, 3.05) is 13.2 Å². The average molecular weight is 322 g/mol. The summed E-state index contributed by atoms with van der Waals surface area (Å²) in [7, 11) is 0. The lowest BCUT2D eigenvalue weighted by atomic mass is 9.65. The van der Waals surface area contributed by atoms with Crippen molar-refractivity contribution in [3.63, 3.8) is 0 Å². The molecule has 5 fully saturated rings. The van der Waals surface area contributed by atoms with Gasteiger partial charge in [-0.3, -0.25) is 0 Å². The molecule has 5 aliphatic rings. The fourth-order valence-electron chi connectivity index (χ4n) is 4.49. The molecular weight excluding hydrogens is 300 g/mol. The molecular formula is C17H22O6. The summed E-state index contributed by atoms with van der Waals surface area (Å²) in [6.07, 6.45) is 3.70. The van der Waals surface area contributed by atoms with E-state index in [0.717, 1.165) is 31.3 Å². The highest BCUT2D eigenvalue weighted by Crippen LogP contribution is 2.48. The predicted octanol–water partition coefficient (Wildman–Crippen LogP) is 1.72. The molecule has 0 spiro atoms. The maximum absolute atomic E-state index is 12.4. The third kappa shape index (κ3) is 2.68. The first-order valence-corrected chi connectivity index (χ1v) is 8.37. The zero-order valence-electron chi connectivity index (χ0n) is 13.5. The summed E-state index contributed by atoms with van der Waals surface area (Å²) < 4.78 is 22.3. The van der Waals surface area contributed by atoms with Crippen molar-refractivity contribution in [1.82, 2.24) is 0 Å². The van der Waals surface area contributed by atoms with Crippen LogP contribution in [0, 0.1) is 11.8 Å². The van der Waals surface area contributed by atoms with Crippen molar-refractivity contribution < 1.29 is 28.5 Å². The minimum Gasteiger partial charge on any atom is -0.419 e. The fourth-order valence-corrected chi connectivity index (χ4v) is 4.49. The van der Waals surface area contributed by atoms with Crippen molar-refractivity contribution in [1.29, 1.82) is 0 Å². The second-order valence-electron chi connectivity index (χ2n) is 7.33. The molecule has 0 aromatic heterocycles. The second kappa shape index (κ2) is 5.31. The van der Waals surface area contributed by atoms with Crippen molar-refractivity contribution in [3.05, 3.63) is 11.1 Å². The molecule has 4 bridgehead atoms. The maximum atomic E-state index is 12.4. The van der Waals surface area contributed by atoms with E-state index >= 15 is 0 Å². The summed E-state index contributed by atoms with van der Waals surface area (Å²) in [5.41, 5.74) is 1.03. The number of ether oxygens (including phenoxy) is 4. The Bertz CT molecular complexity index is 520. The number of fused-ring (bicyclic) bond motifs is 3. The highest BCUT2D eigenvalue weighted by molar-refractivity contribution is 6.16. The molecule has 0 aromatic carbocycles. The van der Waals surface area contributed by atoms with Gasteiger partial charge in [0.25, 0.3) is 5.79 Å². The Labute approximate surface area is 135 Å². The summed E-state index contributed by atoms with van der Waals surface area (Å²) in [5, 5.41) is 0. The van der Waals surface area contributed by atoms with Gasteiger partial charge in [0, 0.05) is 13.8 Å². The van der Waals surface area contributed by atoms with Crippen LogP contribution in [0.15, 0.2) is 11.1 Å². The van der Waals surface area contributed by atoms with E-state index in [9.17, 15) is 9.59 Å². The normalized spacial score (nSPS) is 39.4. The Hall–Kier alpha value is -1.40. The van der Waals surface area contributed by atoms with Crippen LogP contribution in [0.1, 0.15) is 39.5 Å². The fraction of sp³-hybridized carbons (Fsp3) is 0.765. The Morgan fingerprint density at radius 3 is 1.70 bits per heavy atom. The van der Waals surface area contributed by atoms with E-state index in [2.05, 4.69) is 0 Å². The Kier molecular flexibility index (Phi) is 3.50. The molecule has 0 N–H and O–H groups in total. The number of carbonyl (C=O) groups is 2. The van der Waals surface area contributed by atoms with Crippen LogP contribution in [0.25, 0.3) is 0 Å². The van der Waals surface area contributed by atoms with Crippen LogP contribution in [0.5, 0.6) is 0 Å². The van der Waals surface area contributed by atoms with E-state index in [1.54, 1.807) is 13.8 Å². The summed E-state index contributed by atoms with van der Waals surface area (Å²) in [6, 6.07) is 0. The van der Waals surface area contributed by atoms with E-state index < -0.39 is 17.7 Å². The first-order valence-electron chi connectivity index (χ1n) is 8.37. The van der Waals surface area contributed by atoms with Crippen LogP contribution in [0.2, 0.25) is 0 Å². The van der Waals surface area contributed by atoms with Gasteiger partial charge in [-0.15, -0.1) is 0 Å². The number of carbonyl (C=O) groups excluding carboxylic acids is 2. The number of rotatable bonds is 0. The molecule has 0 unspecified atom stereocenters. The lowest BCUT2D eigenvalue weighted by Crippen LogP contribution is -2.46. The van der Waals surface area contributed by atoms with Crippen LogP contribution < -0.4 is 0 Å². The third-order valence-electron chi connectivity index (χ3n) is 5.23. The SMILES string of the molecule is CC1(C)OC(=O)C(=C2C3CC4CC2CC(C3)OCCO4)C(=O)O1. The Morgan fingerprint density at radius 2 is 1.26 bits per heavy atom. The van der Waals surface area contributed by atoms with Crippen LogP contribution in [-0.4, -0.2) is 43.1 Å². The average Bonchev–Trinajstić information content (AvgIpc) is 2.53. The minimum absolute atomic E-state index is 0.121. The Morgan fingerprint density at radius 1 is 0.826 bits per heavy atom. The highest BCUT2D eigenvalue weighted by atomic mass is 16.7. The molecule has 3 aliphatic heterocycles. The molecule has 3 heterocycles. The van der Waals surface area contributed by atoms with Crippen molar-refractivity contribution in [2.24, 2.45) is 11.8 Å². The molecule has 2 saturated carbocycles. The first-order chi connectivity index (χ1) is 10.9. The van der Waals surface area contributed by atoms with Gasteiger partial charge in [0.2, 0.25) is 0 Å². The summed E-state index contributed by atoms with van der Waals surface area (Å²) in [5.74, 6) is -2.03. The van der Waals surface area contributed by atoms with E-state index in [1.807, 2.05) is 0 Å². The third-order valence-corrected chi connectivity index (χ3v) is 5.23. The van der Waals surface area contributed by atoms with Gasteiger partial charge in [-0.1, -0.05) is 0 Å². The van der Waals surface area contributed by atoms with Crippen LogP contribution >= 0.6 is 0 Å². The summed E-state index contributed by atoms with van der Waals surface area (Å²) >= 11 is 0. The molecule has 0 atom stereocenters. The zero-order valence-corrected chi connectivity index (χ0v) is 13.5. The molecule has 2 aliphatic carbocycles. The van der Waals surface area contributed by atoms with Gasteiger partial charge < -0.3 is 18.9 Å². The second-order valence-corrected chi connectivity index (χ2v) is 7.33. The molecule has 23 heavy (non-hydrogen) atoms. The Balaban J connectivity index is 1.72. The maximum Gasteiger partial charge on any atom is 0.348 e. The molecule has 0 radical (unpaired) electrons. The van der Waals surface area contributed by atoms with Crippen LogP contribution in [0.3, 0.4) is 0 Å². The van der Waals surface area contributed by atoms with Gasteiger partial charge in [0.15, 0.2) is 0 Å². The predicted molar refractivity (Wildman–Crippen MR) is 78.2 cm³/mol. The van der Waals surface area contributed by atoms with Gasteiger partial charge in [-0.05, 0) is 43.1 Å². The van der Waals surface area contributed by atoms with Gasteiger partial charge in [-0.25, -0.2) is 9.59 Å². The van der Waals surface area contributed by atoms with Crippen LogP contribution in [0.4, 0.5) is 0 Å². The van der Waals surface area contributed by atoms with Gasteiger partial charge in [0.1, 0.15) is 5.57 Å². The lowest BCUT2D eigenvalue weighted by Gasteiger charge is -2.44. The minimum atomic E-state index is -1.19. The lowest BCUT2D eigenvalue weighted by molar-refractivity contribution is -0.222. The van der Waals surface area contributed by atoms with E-state index in [1.165, 1.54) is 0 Å². The van der Waals surface area contributed by atoms with Crippen molar-refractivity contribution in [2.45, 2.75) is 57.5 Å². The van der Waals surface area contributed by atoms with E-state index in [0.29, 0.717) is 13.2 Å². The largest absolute Gasteiger partial charge is 0.419 e. The van der Waals surface area contributed by atoms with Gasteiger partial charge in [-0.2, -0.15) is 0 Å².